The molecule has 7 rings (SSSR count). The number of ether oxygens (including phenoxy) is 2. The number of benzene rings is 1. The van der Waals surface area contributed by atoms with Crippen LogP contribution in [0.1, 0.15) is 83.7 Å². The largest absolute Gasteiger partial charge is 0.464 e. The van der Waals surface area contributed by atoms with Crippen LogP contribution in [0, 0.1) is 11.3 Å². The number of thiazole rings is 1. The average Bonchev–Trinajstić information content (AvgIpc) is 3.87. The number of cyclic esters (lactones) is 1. The van der Waals surface area contributed by atoms with Gasteiger partial charge in [-0.15, -0.1) is 11.3 Å². The summed E-state index contributed by atoms with van der Waals surface area (Å²) in [5.41, 5.74) is 9.66. The van der Waals surface area contributed by atoms with E-state index < -0.39 is 41.3 Å². The minimum Gasteiger partial charge on any atom is -0.464 e. The lowest BCUT2D eigenvalue weighted by atomic mass is 9.84. The van der Waals surface area contributed by atoms with Gasteiger partial charge in [-0.3, -0.25) is 29.2 Å². The zero-order valence-electron chi connectivity index (χ0n) is 40.0. The first kappa shape index (κ1) is 48.3. The van der Waals surface area contributed by atoms with E-state index >= 15 is 0 Å². The number of urea groups is 1. The van der Waals surface area contributed by atoms with Crippen molar-refractivity contribution < 1.29 is 33.4 Å². The lowest BCUT2D eigenvalue weighted by Gasteiger charge is -2.45. The fourth-order valence-electron chi connectivity index (χ4n) is 9.41. The van der Waals surface area contributed by atoms with E-state index in [1.165, 1.54) is 21.2 Å². The molecular weight excluding hydrogens is 859 g/mol. The first-order chi connectivity index (χ1) is 31.3. The highest BCUT2D eigenvalue weighted by Gasteiger charge is 2.41. The molecule has 4 atom stereocenters. The van der Waals surface area contributed by atoms with Crippen LogP contribution in [0.5, 0.6) is 0 Å². The van der Waals surface area contributed by atoms with Crippen molar-refractivity contribution in [1.82, 2.24) is 45.0 Å². The minimum absolute atomic E-state index is 0.0685. The number of hydrogen-bond acceptors (Lipinski definition) is 11. The quantitative estimate of drug-likeness (QED) is 0.142. The van der Waals surface area contributed by atoms with E-state index in [0.717, 1.165) is 44.7 Å². The minimum atomic E-state index is -1.09. The molecule has 2 saturated heterocycles. The van der Waals surface area contributed by atoms with Crippen LogP contribution < -0.4 is 10.7 Å². The number of aromatic nitrogens is 3. The van der Waals surface area contributed by atoms with Gasteiger partial charge in [-0.2, -0.15) is 0 Å². The summed E-state index contributed by atoms with van der Waals surface area (Å²) in [7, 11) is 4.93. The third-order valence-electron chi connectivity index (χ3n) is 13.1. The fourth-order valence-corrected chi connectivity index (χ4v) is 10.3. The van der Waals surface area contributed by atoms with Crippen LogP contribution in [-0.2, 0) is 48.0 Å². The molecule has 6 bridgehead atoms. The van der Waals surface area contributed by atoms with Crippen LogP contribution in [-0.4, -0.2) is 136 Å². The van der Waals surface area contributed by atoms with Crippen LogP contribution in [0.25, 0.3) is 33.4 Å². The fraction of sp³-hybridized carbons (Fsp3) is 0.531. The highest BCUT2D eigenvalue weighted by Crippen LogP contribution is 2.42. The molecule has 5 amide bonds. The number of carbonyl (C=O) groups excluding carboxylic acids is 5. The van der Waals surface area contributed by atoms with Crippen molar-refractivity contribution in [3.05, 3.63) is 70.3 Å². The van der Waals surface area contributed by atoms with Crippen molar-refractivity contribution in [2.75, 3.05) is 47.4 Å². The predicted molar refractivity (Wildman–Crippen MR) is 254 cm³/mol. The number of hydrogen-bond donors (Lipinski definition) is 2. The Hall–Kier alpha value is -5.65. The van der Waals surface area contributed by atoms with E-state index in [4.69, 9.17) is 19.4 Å². The molecule has 1 aromatic carbocycles. The van der Waals surface area contributed by atoms with E-state index in [9.17, 15) is 24.0 Å². The summed E-state index contributed by atoms with van der Waals surface area (Å²) < 4.78 is 14.2. The zero-order valence-corrected chi connectivity index (χ0v) is 40.8. The SMILES string of the molecule is C=C(C)C(=O)N1CC(N(C)C(=O)N(C)[C@H](C(=O)N[C@H]2Cc3nc(cs3)-c3ccc4c(c3)c(c(-c3cccnc3[C@H](C)OC)n4CC)CC(C)(C)COC(=O)[C@@H]3CCCN(N3)C2=O)C(C)C)C1. The monoisotopic (exact) mass is 923 g/mol. The number of nitrogens with zero attached hydrogens (tertiary/aromatic N) is 7. The normalized spacial score (nSPS) is 20.0. The molecule has 17 heteroatoms. The van der Waals surface area contributed by atoms with Crippen molar-refractivity contribution in [2.45, 2.75) is 111 Å². The summed E-state index contributed by atoms with van der Waals surface area (Å²) >= 11 is 1.40. The standard InChI is InChI=1S/C49H65N9O7S/c1-12-57-39-18-17-31-21-34(39)35(43(57)33-15-13-19-50-41(33)30(6)64-11)23-49(7,8)27-65-47(62)36-16-14-20-58(53-36)46(61)37(22-40-51-38(31)26-66-40)52-44(59)42(28(2)3)55(10)48(63)54(9)32-24-56(25-32)45(60)29(4)5/h13,15,17-19,21,26,28,30,32,36-37,42,53H,4,12,14,16,20,22-25,27H2,1-3,5-11H3,(H,52,59)/t30-,36-,37-,42-/m0/s1. The molecule has 354 valence electrons. The van der Waals surface area contributed by atoms with Crippen molar-refractivity contribution in [3.63, 3.8) is 0 Å². The van der Waals surface area contributed by atoms with E-state index in [1.807, 2.05) is 32.2 Å². The predicted octanol–water partition coefficient (Wildman–Crippen LogP) is 6.00. The number of likely N-dealkylation sites (tertiary alicyclic amines) is 1. The van der Waals surface area contributed by atoms with Crippen molar-refractivity contribution in [3.8, 4) is 22.5 Å². The molecule has 0 spiro atoms. The molecular formula is C49H65N9O7S. The molecule has 6 heterocycles. The van der Waals surface area contributed by atoms with Crippen molar-refractivity contribution in [1.29, 1.82) is 0 Å². The Labute approximate surface area is 391 Å². The summed E-state index contributed by atoms with van der Waals surface area (Å²) in [6, 6.07) is 6.96. The topological polar surface area (TPSA) is 172 Å². The number of methoxy groups -OCH3 is 1. The Balaban J connectivity index is 1.24. The molecule has 3 aliphatic heterocycles. The van der Waals surface area contributed by atoms with Crippen molar-refractivity contribution >= 4 is 52.0 Å². The molecule has 2 fully saturated rings. The molecule has 2 N–H and O–H groups in total. The molecule has 16 nitrogen and oxygen atoms in total. The summed E-state index contributed by atoms with van der Waals surface area (Å²) in [5, 5.41) is 8.08. The molecule has 66 heavy (non-hydrogen) atoms. The summed E-state index contributed by atoms with van der Waals surface area (Å²) in [6.07, 6.45) is 3.17. The van der Waals surface area contributed by atoms with E-state index in [2.05, 4.69) is 66.9 Å². The van der Waals surface area contributed by atoms with Crippen LogP contribution in [0.2, 0.25) is 0 Å². The second-order valence-corrected chi connectivity index (χ2v) is 20.1. The van der Waals surface area contributed by atoms with Gasteiger partial charge in [-0.1, -0.05) is 40.3 Å². The lowest BCUT2D eigenvalue weighted by Crippen LogP contribution is -2.65. The number of rotatable bonds is 10. The molecule has 0 radical (unpaired) electrons. The Morgan fingerprint density at radius 2 is 1.88 bits per heavy atom. The van der Waals surface area contributed by atoms with Gasteiger partial charge in [0.2, 0.25) is 11.8 Å². The van der Waals surface area contributed by atoms with Gasteiger partial charge in [0.25, 0.3) is 5.91 Å². The Bertz CT molecular complexity index is 2510. The number of fused-ring (bicyclic) bond motifs is 6. The van der Waals surface area contributed by atoms with Gasteiger partial charge >= 0.3 is 12.0 Å². The third-order valence-corrected chi connectivity index (χ3v) is 14.0. The average molecular weight is 924 g/mol. The summed E-state index contributed by atoms with van der Waals surface area (Å²) in [6.45, 7) is 19.3. The van der Waals surface area contributed by atoms with Crippen LogP contribution in [0.15, 0.2) is 54.1 Å². The molecule has 3 aromatic heterocycles. The second kappa shape index (κ2) is 19.7. The number of pyridine rings is 1. The number of likely N-dealkylation sites (N-methyl/N-ethyl adjacent to an activating group) is 2. The first-order valence-corrected chi connectivity index (χ1v) is 23.8. The molecule has 0 aliphatic carbocycles. The Morgan fingerprint density at radius 1 is 1.14 bits per heavy atom. The molecule has 4 aromatic rings. The highest BCUT2D eigenvalue weighted by atomic mass is 32.1. The summed E-state index contributed by atoms with van der Waals surface area (Å²) in [4.78, 5) is 83.8. The lowest BCUT2D eigenvalue weighted by molar-refractivity contribution is -0.155. The molecule has 3 aliphatic rings. The van der Waals surface area contributed by atoms with Gasteiger partial charge in [0.1, 0.15) is 18.1 Å². The third kappa shape index (κ3) is 9.74. The van der Waals surface area contributed by atoms with E-state index in [0.29, 0.717) is 56.0 Å². The van der Waals surface area contributed by atoms with Crippen LogP contribution in [0.4, 0.5) is 4.79 Å². The van der Waals surface area contributed by atoms with E-state index in [1.54, 1.807) is 44.1 Å². The van der Waals surface area contributed by atoms with Gasteiger partial charge in [0, 0.05) is 98.4 Å². The Kier molecular flexibility index (Phi) is 14.4. The van der Waals surface area contributed by atoms with Crippen LogP contribution in [0.3, 0.4) is 0 Å². The summed E-state index contributed by atoms with van der Waals surface area (Å²) in [5.74, 6) is -1.88. The number of hydrazine groups is 1. The number of aryl methyl sites for hydroxylation is 1. The number of amides is 5. The van der Waals surface area contributed by atoms with Gasteiger partial charge in [0.05, 0.1) is 40.8 Å². The first-order valence-electron chi connectivity index (χ1n) is 22.9. The maximum Gasteiger partial charge on any atom is 0.324 e. The number of esters is 1. The van der Waals surface area contributed by atoms with Crippen LogP contribution >= 0.6 is 11.3 Å². The van der Waals surface area contributed by atoms with Gasteiger partial charge < -0.3 is 34.1 Å². The van der Waals surface area contributed by atoms with Gasteiger partial charge in [-0.25, -0.2) is 15.2 Å². The van der Waals surface area contributed by atoms with Gasteiger partial charge in [0.15, 0.2) is 0 Å². The van der Waals surface area contributed by atoms with Crippen molar-refractivity contribution in [2.24, 2.45) is 11.3 Å². The maximum atomic E-state index is 14.6. The smallest absolute Gasteiger partial charge is 0.324 e. The van der Waals surface area contributed by atoms with Gasteiger partial charge in [-0.05, 0) is 75.8 Å². The number of carbonyl (C=O) groups is 5. The maximum absolute atomic E-state index is 14.6. The van der Waals surface area contributed by atoms with E-state index in [-0.39, 0.29) is 43.0 Å². The molecule has 0 saturated carbocycles. The highest BCUT2D eigenvalue weighted by molar-refractivity contribution is 7.10. The second-order valence-electron chi connectivity index (χ2n) is 19.1. The number of nitrogens with one attached hydrogen (secondary N) is 2. The zero-order chi connectivity index (χ0) is 47.8. The Morgan fingerprint density at radius 3 is 2.56 bits per heavy atom. The molecule has 0 unspecified atom stereocenters.